The minimum absolute atomic E-state index is 0.0212. The van der Waals surface area contributed by atoms with E-state index in [9.17, 15) is 14.3 Å². The van der Waals surface area contributed by atoms with E-state index in [1.807, 2.05) is 21.1 Å². The zero-order valence-corrected chi connectivity index (χ0v) is 22.2. The van der Waals surface area contributed by atoms with Crippen LogP contribution in [-0.4, -0.2) is 75.4 Å². The smallest absolute Gasteiger partial charge is 0.374 e. The molecule has 8 nitrogen and oxygen atoms in total. The third-order valence-electron chi connectivity index (χ3n) is 5.08. The van der Waals surface area contributed by atoms with Gasteiger partial charge in [0.15, 0.2) is 0 Å². The fraction of sp³-hybridized carbons (Fsp3) is 0.957. The number of phosphoric ester groups is 1. The molecule has 9 heteroatoms. The van der Waals surface area contributed by atoms with Crippen LogP contribution in [0.2, 0.25) is 0 Å². The Bertz CT molecular complexity index is 513. The number of nitrogens with one attached hydrogen (secondary N) is 1. The van der Waals surface area contributed by atoms with Crippen molar-refractivity contribution < 1.29 is 32.5 Å². The zero-order chi connectivity index (χ0) is 24.3. The highest BCUT2D eigenvalue weighted by Crippen LogP contribution is 2.43. The summed E-state index contributed by atoms with van der Waals surface area (Å²) in [5.74, 6) is -0.0212. The van der Waals surface area contributed by atoms with E-state index < -0.39 is 13.9 Å². The summed E-state index contributed by atoms with van der Waals surface area (Å²) in [5, 5.41) is 2.88. The predicted octanol–water partition coefficient (Wildman–Crippen LogP) is 4.66. The van der Waals surface area contributed by atoms with E-state index in [4.69, 9.17) is 13.8 Å². The predicted molar refractivity (Wildman–Crippen MR) is 130 cm³/mol. The summed E-state index contributed by atoms with van der Waals surface area (Å²) >= 11 is 0. The molecule has 1 amide bonds. The van der Waals surface area contributed by atoms with Crippen molar-refractivity contribution in [3.63, 3.8) is 0 Å². The summed E-state index contributed by atoms with van der Waals surface area (Å²) in [5.41, 5.74) is 0. The number of hydrogen-bond donors (Lipinski definition) is 2. The molecule has 0 heterocycles. The fourth-order valence-corrected chi connectivity index (χ4v) is 3.71. The number of quaternary nitrogens is 1. The maximum absolute atomic E-state index is 12.2. The second-order valence-corrected chi connectivity index (χ2v) is 10.9. The van der Waals surface area contributed by atoms with Crippen molar-refractivity contribution in [3.05, 3.63) is 0 Å². The van der Waals surface area contributed by atoms with Crippen molar-refractivity contribution in [1.29, 1.82) is 0 Å². The lowest BCUT2D eigenvalue weighted by Gasteiger charge is -2.24. The van der Waals surface area contributed by atoms with Crippen LogP contribution in [0, 0.1) is 0 Å². The summed E-state index contributed by atoms with van der Waals surface area (Å²) in [4.78, 5) is 22.1. The number of ether oxygens (including phenoxy) is 1. The van der Waals surface area contributed by atoms with E-state index in [2.05, 4.69) is 19.2 Å². The van der Waals surface area contributed by atoms with E-state index in [0.717, 1.165) is 32.1 Å². The SMILES string of the molecule is CCCCCCCCCC(=O)NCC(COP(=O)(O)OCC[N+](C)(C)C)OCCCCC. The highest BCUT2D eigenvalue weighted by molar-refractivity contribution is 7.47. The molecule has 0 spiro atoms. The van der Waals surface area contributed by atoms with Crippen molar-refractivity contribution in [1.82, 2.24) is 5.32 Å². The Hall–Kier alpha value is -0.500. The van der Waals surface area contributed by atoms with Crippen LogP contribution in [0.4, 0.5) is 0 Å². The number of amides is 1. The van der Waals surface area contributed by atoms with E-state index in [1.54, 1.807) is 0 Å². The van der Waals surface area contributed by atoms with Gasteiger partial charge in [-0.15, -0.1) is 0 Å². The van der Waals surface area contributed by atoms with E-state index in [1.165, 1.54) is 32.1 Å². The number of hydrogen-bond acceptors (Lipinski definition) is 5. The first-order valence-corrected chi connectivity index (χ1v) is 13.9. The van der Waals surface area contributed by atoms with Gasteiger partial charge in [-0.1, -0.05) is 65.2 Å². The van der Waals surface area contributed by atoms with Gasteiger partial charge in [-0.05, 0) is 12.8 Å². The number of rotatable bonds is 22. The second kappa shape index (κ2) is 18.9. The molecule has 0 fully saturated rings. The van der Waals surface area contributed by atoms with Gasteiger partial charge in [0.25, 0.3) is 0 Å². The fourth-order valence-electron chi connectivity index (χ4n) is 2.97. The largest absolute Gasteiger partial charge is 0.472 e. The van der Waals surface area contributed by atoms with Crippen LogP contribution in [-0.2, 0) is 23.1 Å². The zero-order valence-electron chi connectivity index (χ0n) is 21.3. The lowest BCUT2D eigenvalue weighted by Crippen LogP contribution is -2.37. The Labute approximate surface area is 196 Å². The lowest BCUT2D eigenvalue weighted by molar-refractivity contribution is -0.870. The van der Waals surface area contributed by atoms with E-state index in [-0.39, 0.29) is 25.7 Å². The molecule has 0 aliphatic heterocycles. The molecule has 2 N–H and O–H groups in total. The van der Waals surface area contributed by atoms with Crippen molar-refractivity contribution in [2.24, 2.45) is 0 Å². The number of likely N-dealkylation sites (N-methyl/N-ethyl adjacent to an activating group) is 1. The van der Waals surface area contributed by atoms with Crippen LogP contribution in [0.15, 0.2) is 0 Å². The van der Waals surface area contributed by atoms with Crippen LogP contribution < -0.4 is 5.32 Å². The number of phosphoric acid groups is 1. The van der Waals surface area contributed by atoms with Gasteiger partial charge in [0.1, 0.15) is 13.2 Å². The molecular formula is C23H50N2O6P+. The number of carbonyl (C=O) groups excluding carboxylic acids is 1. The quantitative estimate of drug-likeness (QED) is 0.133. The molecule has 0 radical (unpaired) electrons. The average molecular weight is 482 g/mol. The van der Waals surface area contributed by atoms with Gasteiger partial charge in [-0.3, -0.25) is 13.8 Å². The van der Waals surface area contributed by atoms with E-state index in [0.29, 0.717) is 24.1 Å². The normalized spacial score (nSPS) is 14.8. The molecule has 0 saturated heterocycles. The summed E-state index contributed by atoms with van der Waals surface area (Å²) in [6, 6.07) is 0. The van der Waals surface area contributed by atoms with Crippen molar-refractivity contribution in [2.45, 2.75) is 90.6 Å². The Kier molecular flexibility index (Phi) is 18.6. The molecule has 0 aromatic rings. The monoisotopic (exact) mass is 481 g/mol. The number of unbranched alkanes of at least 4 members (excludes halogenated alkanes) is 8. The van der Waals surface area contributed by atoms with Crippen LogP contribution in [0.5, 0.6) is 0 Å². The van der Waals surface area contributed by atoms with Crippen LogP contribution in [0.3, 0.4) is 0 Å². The first kappa shape index (κ1) is 31.5. The van der Waals surface area contributed by atoms with Gasteiger partial charge in [-0.25, -0.2) is 4.57 Å². The average Bonchev–Trinajstić information content (AvgIpc) is 2.70. The first-order valence-electron chi connectivity index (χ1n) is 12.4. The molecule has 0 aromatic heterocycles. The highest BCUT2D eigenvalue weighted by atomic mass is 31.2. The third-order valence-corrected chi connectivity index (χ3v) is 6.06. The van der Waals surface area contributed by atoms with Crippen LogP contribution in [0.1, 0.15) is 84.5 Å². The topological polar surface area (TPSA) is 94.1 Å². The minimum atomic E-state index is -4.16. The minimum Gasteiger partial charge on any atom is -0.374 e. The van der Waals surface area contributed by atoms with Crippen LogP contribution in [0.25, 0.3) is 0 Å². The molecule has 2 atom stereocenters. The standard InChI is InChI=1S/C23H49N2O6P/c1-6-8-10-11-12-13-14-16-23(26)24-20-22(29-18-15-9-7-2)21-31-32(27,28)30-19-17-25(3,4)5/h22H,6-21H2,1-5H3,(H-,24,26,27,28)/p+1. The Morgan fingerprint density at radius 1 is 0.906 bits per heavy atom. The molecule has 0 saturated carbocycles. The Morgan fingerprint density at radius 3 is 2.12 bits per heavy atom. The maximum Gasteiger partial charge on any atom is 0.472 e. The molecule has 0 rings (SSSR count). The maximum atomic E-state index is 12.2. The lowest BCUT2D eigenvalue weighted by atomic mass is 10.1. The van der Waals surface area contributed by atoms with Crippen molar-refractivity contribution >= 4 is 13.7 Å². The number of nitrogens with zero attached hydrogens (tertiary/aromatic N) is 1. The molecule has 0 bridgehead atoms. The summed E-state index contributed by atoms with van der Waals surface area (Å²) in [6.45, 7) is 5.68. The molecule has 192 valence electrons. The van der Waals surface area contributed by atoms with Gasteiger partial charge in [0.05, 0.1) is 33.9 Å². The molecule has 0 aliphatic rings. The van der Waals surface area contributed by atoms with Crippen molar-refractivity contribution in [2.75, 3.05) is 54.1 Å². The van der Waals surface area contributed by atoms with Crippen LogP contribution >= 0.6 is 7.82 Å². The van der Waals surface area contributed by atoms with Crippen molar-refractivity contribution in [3.8, 4) is 0 Å². The molecular weight excluding hydrogens is 431 g/mol. The molecule has 0 aliphatic carbocycles. The molecule has 2 unspecified atom stereocenters. The van der Waals surface area contributed by atoms with Gasteiger partial charge in [0, 0.05) is 19.6 Å². The van der Waals surface area contributed by atoms with E-state index >= 15 is 0 Å². The van der Waals surface area contributed by atoms with Gasteiger partial charge in [0.2, 0.25) is 5.91 Å². The summed E-state index contributed by atoms with van der Waals surface area (Å²) < 4.78 is 28.8. The second-order valence-electron chi connectivity index (χ2n) is 9.49. The Balaban J connectivity index is 4.31. The summed E-state index contributed by atoms with van der Waals surface area (Å²) in [6.07, 6.45) is 11.2. The number of carbonyl (C=O) groups is 1. The molecule has 0 aromatic carbocycles. The van der Waals surface area contributed by atoms with Gasteiger partial charge < -0.3 is 19.4 Å². The van der Waals surface area contributed by atoms with Gasteiger partial charge in [-0.2, -0.15) is 0 Å². The third kappa shape index (κ3) is 21.4. The van der Waals surface area contributed by atoms with Gasteiger partial charge >= 0.3 is 7.82 Å². The Morgan fingerprint density at radius 2 is 1.50 bits per heavy atom. The molecule has 32 heavy (non-hydrogen) atoms. The highest BCUT2D eigenvalue weighted by Gasteiger charge is 2.25. The first-order chi connectivity index (χ1) is 15.1. The summed E-state index contributed by atoms with van der Waals surface area (Å²) in [7, 11) is 1.76.